The largest absolute Gasteiger partial charge is 0.362 e. The Labute approximate surface area is 74.4 Å². The molecule has 1 rings (SSSR count). The number of hydrogen-bond donors (Lipinski definition) is 2. The van der Waals surface area contributed by atoms with Crippen molar-refractivity contribution in [3.8, 4) is 0 Å². The van der Waals surface area contributed by atoms with E-state index in [9.17, 15) is 10.2 Å². The maximum Gasteiger partial charge on any atom is 0.189 e. The second-order valence-electron chi connectivity index (χ2n) is 2.54. The maximum atomic E-state index is 9.35. The van der Waals surface area contributed by atoms with Crippen LogP contribution in [0, 0.1) is 0 Å². The first-order chi connectivity index (χ1) is 5.17. The summed E-state index contributed by atoms with van der Waals surface area (Å²) in [4.78, 5) is 0. The molecule has 0 aliphatic carbocycles. The van der Waals surface area contributed by atoms with Crippen LogP contribution in [0.15, 0.2) is 30.3 Å². The van der Waals surface area contributed by atoms with E-state index in [1.807, 2.05) is 6.07 Å². The molecule has 3 heteroatoms. The van der Waals surface area contributed by atoms with Crippen molar-refractivity contribution in [3.05, 3.63) is 35.9 Å². The lowest BCUT2D eigenvalue weighted by molar-refractivity contribution is -0.171. The molecule has 0 saturated carbocycles. The highest BCUT2D eigenvalue weighted by molar-refractivity contribution is 5.75. The zero-order chi connectivity index (χ0) is 8.32. The molecule has 1 aromatic rings. The molecule has 1 aromatic carbocycles. The molecule has 2 nitrogen and oxygen atoms in total. The number of benzene rings is 1. The molecule has 12 heavy (non-hydrogen) atoms. The molecule has 0 aliphatic rings. The molecule has 0 fully saturated rings. The van der Waals surface area contributed by atoms with Gasteiger partial charge in [0, 0.05) is 12.0 Å². The Morgan fingerprint density at radius 1 is 1.17 bits per heavy atom. The van der Waals surface area contributed by atoms with Gasteiger partial charge in [0.1, 0.15) is 0 Å². The second kappa shape index (κ2) is 4.29. The average Bonchev–Trinajstić information content (AvgIpc) is 2.06. The molecule has 0 radical (unpaired) electrons. The lowest BCUT2D eigenvalue weighted by Crippen LogP contribution is -2.23. The zero-order valence-corrected chi connectivity index (χ0v) is 6.49. The predicted molar refractivity (Wildman–Crippen MR) is 52.8 cm³/mol. The molecule has 0 aromatic heterocycles. The van der Waals surface area contributed by atoms with E-state index in [1.165, 1.54) is 0 Å². The van der Waals surface area contributed by atoms with E-state index in [1.54, 1.807) is 31.2 Å². The van der Waals surface area contributed by atoms with Crippen LogP contribution < -0.4 is 0 Å². The van der Waals surface area contributed by atoms with E-state index in [0.29, 0.717) is 12.0 Å². The van der Waals surface area contributed by atoms with E-state index in [4.69, 9.17) is 0 Å². The molecular formula is C9H15BO2. The summed E-state index contributed by atoms with van der Waals surface area (Å²) in [6, 6.07) is 8.81. The van der Waals surface area contributed by atoms with Crippen molar-refractivity contribution in [2.24, 2.45) is 0 Å². The van der Waals surface area contributed by atoms with Gasteiger partial charge in [-0.2, -0.15) is 0 Å². The van der Waals surface area contributed by atoms with E-state index < -0.39 is 5.79 Å². The predicted octanol–water partition coefficient (Wildman–Crippen LogP) is 0.0501. The first kappa shape index (κ1) is 11.2. The van der Waals surface area contributed by atoms with Crippen molar-refractivity contribution < 1.29 is 10.2 Å². The van der Waals surface area contributed by atoms with Gasteiger partial charge in [0.05, 0.1) is 8.41 Å². The van der Waals surface area contributed by atoms with Gasteiger partial charge in [-0.3, -0.25) is 0 Å². The quantitative estimate of drug-likeness (QED) is 0.481. The van der Waals surface area contributed by atoms with Crippen LogP contribution in [0.2, 0.25) is 0 Å². The van der Waals surface area contributed by atoms with Crippen LogP contribution in [0.3, 0.4) is 0 Å². The molecule has 0 bridgehead atoms. The fourth-order valence-electron chi connectivity index (χ4n) is 0.909. The summed E-state index contributed by atoms with van der Waals surface area (Å²) in [7, 11) is 0. The van der Waals surface area contributed by atoms with Crippen LogP contribution in [0.4, 0.5) is 0 Å². The lowest BCUT2D eigenvalue weighted by Gasteiger charge is -2.19. The number of aliphatic hydroxyl groups is 2. The first-order valence-corrected chi connectivity index (χ1v) is 3.67. The smallest absolute Gasteiger partial charge is 0.189 e. The molecule has 0 heterocycles. The molecule has 2 N–H and O–H groups in total. The Balaban J connectivity index is 0.00000121. The van der Waals surface area contributed by atoms with Crippen molar-refractivity contribution >= 4 is 8.41 Å². The Morgan fingerprint density at radius 3 is 2.08 bits per heavy atom. The third kappa shape index (κ3) is 2.36. The molecule has 0 amide bonds. The Morgan fingerprint density at radius 2 is 1.67 bits per heavy atom. The third-order valence-electron chi connectivity index (χ3n) is 1.73. The van der Waals surface area contributed by atoms with E-state index in [2.05, 4.69) is 0 Å². The second-order valence-corrected chi connectivity index (χ2v) is 2.54. The molecule has 66 valence electrons. The summed E-state index contributed by atoms with van der Waals surface area (Å²) < 4.78 is 0. The van der Waals surface area contributed by atoms with Gasteiger partial charge in [-0.15, -0.1) is 0 Å². The highest BCUT2D eigenvalue weighted by Crippen LogP contribution is 2.20. The van der Waals surface area contributed by atoms with Crippen molar-refractivity contribution in [2.75, 3.05) is 0 Å². The van der Waals surface area contributed by atoms with Crippen molar-refractivity contribution in [1.82, 2.24) is 0 Å². The minimum absolute atomic E-state index is 0. The topological polar surface area (TPSA) is 40.5 Å². The van der Waals surface area contributed by atoms with Crippen molar-refractivity contribution in [2.45, 2.75) is 19.1 Å². The molecular weight excluding hydrogens is 151 g/mol. The van der Waals surface area contributed by atoms with E-state index in [0.717, 1.165) is 0 Å². The van der Waals surface area contributed by atoms with Crippen LogP contribution >= 0.6 is 0 Å². The standard InChI is InChI=1S/C9H12O2.BH3/c1-2-9(10,11)8-6-4-3-5-7-8;/h3-7,10-11H,2H2,1H3;1H3. The average molecular weight is 166 g/mol. The molecule has 0 aliphatic heterocycles. The van der Waals surface area contributed by atoms with Crippen LogP contribution in [0.1, 0.15) is 18.9 Å². The van der Waals surface area contributed by atoms with Gasteiger partial charge >= 0.3 is 0 Å². The Kier molecular flexibility index (Phi) is 4.00. The SMILES string of the molecule is B.CCC(O)(O)c1ccccc1. The number of rotatable bonds is 2. The Bertz CT molecular complexity index is 221. The summed E-state index contributed by atoms with van der Waals surface area (Å²) in [5, 5.41) is 18.7. The van der Waals surface area contributed by atoms with Gasteiger partial charge in [-0.1, -0.05) is 37.3 Å². The van der Waals surface area contributed by atoms with Gasteiger partial charge < -0.3 is 10.2 Å². The van der Waals surface area contributed by atoms with Gasteiger partial charge in [-0.25, -0.2) is 0 Å². The van der Waals surface area contributed by atoms with Crippen LogP contribution in [0.25, 0.3) is 0 Å². The van der Waals surface area contributed by atoms with Crippen LogP contribution in [-0.4, -0.2) is 18.6 Å². The first-order valence-electron chi connectivity index (χ1n) is 3.67. The molecule has 0 atom stereocenters. The van der Waals surface area contributed by atoms with Gasteiger partial charge in [0.15, 0.2) is 5.79 Å². The minimum Gasteiger partial charge on any atom is -0.362 e. The summed E-state index contributed by atoms with van der Waals surface area (Å²) in [5.74, 6) is -1.67. The van der Waals surface area contributed by atoms with Crippen molar-refractivity contribution in [1.29, 1.82) is 0 Å². The lowest BCUT2D eigenvalue weighted by atomic mass is 10.0. The fourth-order valence-corrected chi connectivity index (χ4v) is 0.909. The fraction of sp³-hybridized carbons (Fsp3) is 0.333. The van der Waals surface area contributed by atoms with Gasteiger partial charge in [0.25, 0.3) is 0 Å². The van der Waals surface area contributed by atoms with E-state index >= 15 is 0 Å². The molecule has 0 saturated heterocycles. The third-order valence-corrected chi connectivity index (χ3v) is 1.73. The van der Waals surface area contributed by atoms with Gasteiger partial charge in [0.2, 0.25) is 0 Å². The van der Waals surface area contributed by atoms with E-state index in [-0.39, 0.29) is 8.41 Å². The van der Waals surface area contributed by atoms with Crippen LogP contribution in [-0.2, 0) is 5.79 Å². The Hall–Kier alpha value is -0.795. The van der Waals surface area contributed by atoms with Crippen LogP contribution in [0.5, 0.6) is 0 Å². The summed E-state index contributed by atoms with van der Waals surface area (Å²) in [5.41, 5.74) is 0.544. The minimum atomic E-state index is -1.67. The maximum absolute atomic E-state index is 9.35. The monoisotopic (exact) mass is 166 g/mol. The summed E-state index contributed by atoms with van der Waals surface area (Å²) in [6.07, 6.45) is 0.303. The molecule has 0 unspecified atom stereocenters. The normalized spacial score (nSPS) is 10.6. The highest BCUT2D eigenvalue weighted by atomic mass is 16.5. The highest BCUT2D eigenvalue weighted by Gasteiger charge is 2.21. The summed E-state index contributed by atoms with van der Waals surface area (Å²) >= 11 is 0. The van der Waals surface area contributed by atoms with Gasteiger partial charge in [-0.05, 0) is 0 Å². The number of hydrogen-bond acceptors (Lipinski definition) is 2. The van der Waals surface area contributed by atoms with Crippen molar-refractivity contribution in [3.63, 3.8) is 0 Å². The molecule has 0 spiro atoms. The summed E-state index contributed by atoms with van der Waals surface area (Å²) in [6.45, 7) is 1.73. The zero-order valence-electron chi connectivity index (χ0n) is 6.49.